The summed E-state index contributed by atoms with van der Waals surface area (Å²) >= 11 is 0. The molecule has 1 aromatic heterocycles. The molecule has 0 atom stereocenters. The third-order valence-corrected chi connectivity index (χ3v) is 4.24. The van der Waals surface area contributed by atoms with E-state index in [9.17, 15) is 4.79 Å². The average molecular weight is 371 g/mol. The van der Waals surface area contributed by atoms with Gasteiger partial charge in [-0.2, -0.15) is 0 Å². The van der Waals surface area contributed by atoms with E-state index in [-0.39, 0.29) is 18.5 Å². The summed E-state index contributed by atoms with van der Waals surface area (Å²) in [6.07, 6.45) is -0.337. The van der Waals surface area contributed by atoms with E-state index in [1.807, 2.05) is 68.4 Å². The number of halogens is 1. The highest BCUT2D eigenvalue weighted by Gasteiger charge is 2.15. The van der Waals surface area contributed by atoms with Gasteiger partial charge in [-0.15, -0.1) is 12.4 Å². The summed E-state index contributed by atoms with van der Waals surface area (Å²) in [6, 6.07) is 17.7. The number of aryl methyl sites for hydroxylation is 1. The zero-order valence-electron chi connectivity index (χ0n) is 15.2. The Kier molecular flexibility index (Phi) is 6.58. The van der Waals surface area contributed by atoms with Gasteiger partial charge >= 0.3 is 6.09 Å². The normalized spacial score (nSPS) is 10.3. The second kappa shape index (κ2) is 8.68. The lowest BCUT2D eigenvalue weighted by Gasteiger charge is -2.19. The highest BCUT2D eigenvalue weighted by atomic mass is 35.5. The van der Waals surface area contributed by atoms with Crippen molar-refractivity contribution in [3.63, 3.8) is 0 Å². The van der Waals surface area contributed by atoms with Gasteiger partial charge in [0.25, 0.3) is 0 Å². The molecule has 136 valence electrons. The number of rotatable bonds is 4. The minimum atomic E-state index is -0.337. The fourth-order valence-corrected chi connectivity index (χ4v) is 2.74. The predicted octanol–water partition coefficient (Wildman–Crippen LogP) is 5.47. The summed E-state index contributed by atoms with van der Waals surface area (Å²) in [7, 11) is 0. The maximum atomic E-state index is 12.4. The van der Waals surface area contributed by atoms with Crippen LogP contribution in [0.4, 0.5) is 4.79 Å². The third kappa shape index (κ3) is 4.14. The molecule has 4 nitrogen and oxygen atoms in total. The predicted molar refractivity (Wildman–Crippen MR) is 108 cm³/mol. The first-order valence-electron chi connectivity index (χ1n) is 8.56. The molecule has 0 aliphatic rings. The number of fused-ring (bicyclic) bond motifs is 1. The number of carbonyl (C=O) groups excluding carboxylic acids is 1. The van der Waals surface area contributed by atoms with Gasteiger partial charge in [0.2, 0.25) is 0 Å². The van der Waals surface area contributed by atoms with E-state index in [2.05, 4.69) is 6.92 Å². The van der Waals surface area contributed by atoms with Gasteiger partial charge in [-0.3, -0.25) is 0 Å². The van der Waals surface area contributed by atoms with E-state index >= 15 is 0 Å². The summed E-state index contributed by atoms with van der Waals surface area (Å²) in [5, 5.41) is 0.832. The number of nitrogens with zero attached hydrogens (tertiary/aromatic N) is 2. The van der Waals surface area contributed by atoms with Gasteiger partial charge in [0, 0.05) is 30.1 Å². The Labute approximate surface area is 160 Å². The molecule has 26 heavy (non-hydrogen) atoms. The van der Waals surface area contributed by atoms with Crippen molar-refractivity contribution in [1.29, 1.82) is 0 Å². The second-order valence-corrected chi connectivity index (χ2v) is 5.93. The first-order chi connectivity index (χ1) is 12.1. The number of pyridine rings is 1. The number of benzene rings is 2. The van der Waals surface area contributed by atoms with Gasteiger partial charge in [-0.25, -0.2) is 9.78 Å². The van der Waals surface area contributed by atoms with Crippen molar-refractivity contribution in [2.45, 2.75) is 20.8 Å². The van der Waals surface area contributed by atoms with Gasteiger partial charge in [-0.05, 0) is 32.9 Å². The van der Waals surface area contributed by atoms with Crippen LogP contribution < -0.4 is 4.74 Å². The maximum Gasteiger partial charge on any atom is 0.415 e. The van der Waals surface area contributed by atoms with Crippen LogP contribution in [-0.4, -0.2) is 29.1 Å². The number of para-hydroxylation sites is 1. The van der Waals surface area contributed by atoms with Crippen LogP contribution in [0.3, 0.4) is 0 Å². The number of hydrogen-bond acceptors (Lipinski definition) is 3. The van der Waals surface area contributed by atoms with Crippen molar-refractivity contribution >= 4 is 29.4 Å². The molecule has 0 saturated heterocycles. The van der Waals surface area contributed by atoms with Gasteiger partial charge in [0.05, 0.1) is 11.2 Å². The number of ether oxygens (including phenoxy) is 1. The molecule has 0 unspecified atom stereocenters. The average Bonchev–Trinajstić information content (AvgIpc) is 2.63. The van der Waals surface area contributed by atoms with Gasteiger partial charge < -0.3 is 9.64 Å². The van der Waals surface area contributed by atoms with Gasteiger partial charge in [0.1, 0.15) is 5.75 Å². The molecular formula is C21H23ClN2O2. The smallest absolute Gasteiger partial charge is 0.409 e. The van der Waals surface area contributed by atoms with Gasteiger partial charge in [-0.1, -0.05) is 42.0 Å². The Morgan fingerprint density at radius 3 is 2.35 bits per heavy atom. The van der Waals surface area contributed by atoms with Gasteiger partial charge in [0.15, 0.2) is 0 Å². The van der Waals surface area contributed by atoms with Crippen LogP contribution >= 0.6 is 12.4 Å². The molecule has 0 spiro atoms. The summed E-state index contributed by atoms with van der Waals surface area (Å²) < 4.78 is 5.70. The fourth-order valence-electron chi connectivity index (χ4n) is 2.74. The Bertz CT molecular complexity index is 890. The lowest BCUT2D eigenvalue weighted by molar-refractivity contribution is 0.158. The summed E-state index contributed by atoms with van der Waals surface area (Å²) in [6.45, 7) is 7.15. The minimum absolute atomic E-state index is 0. The van der Waals surface area contributed by atoms with Crippen LogP contribution in [0, 0.1) is 6.92 Å². The van der Waals surface area contributed by atoms with Crippen molar-refractivity contribution in [2.75, 3.05) is 13.1 Å². The zero-order chi connectivity index (χ0) is 17.8. The Balaban J connectivity index is 0.00000243. The topological polar surface area (TPSA) is 42.4 Å². The molecule has 3 rings (SSSR count). The maximum absolute atomic E-state index is 12.4. The van der Waals surface area contributed by atoms with E-state index in [0.717, 1.165) is 22.2 Å². The van der Waals surface area contributed by atoms with E-state index in [0.29, 0.717) is 18.8 Å². The Morgan fingerprint density at radius 2 is 1.69 bits per heavy atom. The first kappa shape index (κ1) is 19.7. The summed E-state index contributed by atoms with van der Waals surface area (Å²) in [5.41, 5.74) is 3.79. The highest BCUT2D eigenvalue weighted by Crippen LogP contribution is 2.30. The highest BCUT2D eigenvalue weighted by molar-refractivity contribution is 5.90. The molecule has 3 aromatic rings. The molecule has 1 amide bonds. The van der Waals surface area contributed by atoms with Crippen molar-refractivity contribution in [3.05, 3.63) is 60.2 Å². The third-order valence-electron chi connectivity index (χ3n) is 4.24. The van der Waals surface area contributed by atoms with Crippen molar-refractivity contribution < 1.29 is 9.53 Å². The lowest BCUT2D eigenvalue weighted by Crippen LogP contribution is -2.33. The van der Waals surface area contributed by atoms with Crippen molar-refractivity contribution in [2.24, 2.45) is 0 Å². The zero-order valence-corrected chi connectivity index (χ0v) is 16.0. The molecule has 0 radical (unpaired) electrons. The summed E-state index contributed by atoms with van der Waals surface area (Å²) in [5.74, 6) is 0.540. The van der Waals surface area contributed by atoms with Crippen molar-refractivity contribution in [1.82, 2.24) is 9.88 Å². The lowest BCUT2D eigenvalue weighted by atomic mass is 10.1. The monoisotopic (exact) mass is 370 g/mol. The van der Waals surface area contributed by atoms with Crippen LogP contribution in [0.2, 0.25) is 0 Å². The number of amides is 1. The molecule has 0 saturated carbocycles. The molecule has 0 aliphatic carbocycles. The largest absolute Gasteiger partial charge is 0.415 e. The van der Waals surface area contributed by atoms with E-state index in [1.54, 1.807) is 4.90 Å². The van der Waals surface area contributed by atoms with Crippen LogP contribution in [0.1, 0.15) is 19.4 Å². The molecule has 1 heterocycles. The van der Waals surface area contributed by atoms with E-state index in [1.165, 1.54) is 5.56 Å². The molecule has 0 N–H and O–H groups in total. The Hall–Kier alpha value is -2.59. The molecule has 2 aromatic carbocycles. The standard InChI is InChI=1S/C21H22N2O2.ClH/c1-4-23(5-2)21(24)25-20-14-19(16-12-10-15(3)11-13-16)22-18-9-7-6-8-17(18)20;/h6-14H,4-5H2,1-3H3;1H. The van der Waals surface area contributed by atoms with E-state index in [4.69, 9.17) is 9.72 Å². The summed E-state index contributed by atoms with van der Waals surface area (Å²) in [4.78, 5) is 18.8. The van der Waals surface area contributed by atoms with Crippen LogP contribution in [-0.2, 0) is 0 Å². The van der Waals surface area contributed by atoms with Crippen molar-refractivity contribution in [3.8, 4) is 17.0 Å². The molecule has 0 bridgehead atoms. The quantitative estimate of drug-likeness (QED) is 0.611. The first-order valence-corrected chi connectivity index (χ1v) is 8.56. The number of aromatic nitrogens is 1. The van der Waals surface area contributed by atoms with Crippen LogP contribution in [0.25, 0.3) is 22.2 Å². The van der Waals surface area contributed by atoms with Crippen LogP contribution in [0.15, 0.2) is 54.6 Å². The Morgan fingerprint density at radius 1 is 1.04 bits per heavy atom. The minimum Gasteiger partial charge on any atom is -0.409 e. The number of carbonyl (C=O) groups is 1. The SMILES string of the molecule is CCN(CC)C(=O)Oc1cc(-c2ccc(C)cc2)nc2ccccc12.Cl. The molecule has 5 heteroatoms. The molecular weight excluding hydrogens is 348 g/mol. The molecule has 0 fully saturated rings. The molecule has 0 aliphatic heterocycles. The second-order valence-electron chi connectivity index (χ2n) is 5.93. The fraction of sp³-hybridized carbons (Fsp3) is 0.238. The number of hydrogen-bond donors (Lipinski definition) is 0. The van der Waals surface area contributed by atoms with Crippen LogP contribution in [0.5, 0.6) is 5.75 Å². The van der Waals surface area contributed by atoms with E-state index < -0.39 is 0 Å².